The van der Waals surface area contributed by atoms with Gasteiger partial charge in [0.2, 0.25) is 0 Å². The van der Waals surface area contributed by atoms with Crippen molar-refractivity contribution in [2.75, 3.05) is 24.6 Å². The SMILES string of the molecule is CC1(C)CCc2sc(-c3cc(C#N)ccc3N3CCC(CO)CC3)c(C(=O)O)c2C1. The Bertz CT molecular complexity index is 1010. The predicted octanol–water partition coefficient (Wildman–Crippen LogP) is 4.71. The van der Waals surface area contributed by atoms with Crippen LogP contribution in [0.1, 0.15) is 59.5 Å². The standard InChI is InChI=1S/C24H28N2O3S/c1-24(2)8-5-20-18(12-24)21(23(28)29)22(30-20)17-11-16(13-25)3-4-19(17)26-9-6-15(14-27)7-10-26/h3-4,11,15,27H,5-10,12,14H2,1-2H3,(H,28,29). The van der Waals surface area contributed by atoms with Crippen LogP contribution in [0.4, 0.5) is 5.69 Å². The molecule has 2 aliphatic rings. The van der Waals surface area contributed by atoms with E-state index in [1.807, 2.05) is 18.2 Å². The third-order valence-electron chi connectivity index (χ3n) is 6.57. The molecule has 0 saturated carbocycles. The van der Waals surface area contributed by atoms with E-state index in [0.717, 1.165) is 66.9 Å². The molecule has 0 amide bonds. The Morgan fingerprint density at radius 2 is 2.07 bits per heavy atom. The summed E-state index contributed by atoms with van der Waals surface area (Å²) in [6, 6.07) is 7.84. The van der Waals surface area contributed by atoms with Crippen molar-refractivity contribution in [2.45, 2.75) is 46.0 Å². The Balaban J connectivity index is 1.84. The molecule has 5 nitrogen and oxygen atoms in total. The highest BCUT2D eigenvalue weighted by atomic mass is 32.1. The number of aromatic carboxylic acids is 1. The van der Waals surface area contributed by atoms with Gasteiger partial charge in [-0.3, -0.25) is 0 Å². The lowest BCUT2D eigenvalue weighted by molar-refractivity contribution is 0.0696. The second-order valence-corrected chi connectivity index (χ2v) is 10.4. The summed E-state index contributed by atoms with van der Waals surface area (Å²) in [6.07, 6.45) is 4.56. The number of nitriles is 1. The van der Waals surface area contributed by atoms with Crippen LogP contribution in [-0.4, -0.2) is 35.9 Å². The van der Waals surface area contributed by atoms with E-state index in [-0.39, 0.29) is 12.0 Å². The van der Waals surface area contributed by atoms with Crippen molar-refractivity contribution in [2.24, 2.45) is 11.3 Å². The van der Waals surface area contributed by atoms with Gasteiger partial charge in [0.15, 0.2) is 0 Å². The van der Waals surface area contributed by atoms with E-state index >= 15 is 0 Å². The normalized spacial score (nSPS) is 18.7. The van der Waals surface area contributed by atoms with Crippen LogP contribution in [0.5, 0.6) is 0 Å². The number of carbonyl (C=O) groups is 1. The first-order valence-electron chi connectivity index (χ1n) is 10.6. The number of hydrogen-bond acceptors (Lipinski definition) is 5. The fourth-order valence-electron chi connectivity index (χ4n) is 4.76. The molecule has 2 heterocycles. The first-order valence-corrected chi connectivity index (χ1v) is 11.4. The number of fused-ring (bicyclic) bond motifs is 1. The minimum absolute atomic E-state index is 0.0963. The molecule has 0 atom stereocenters. The van der Waals surface area contributed by atoms with Gasteiger partial charge in [0, 0.05) is 35.8 Å². The topological polar surface area (TPSA) is 84.6 Å². The molecule has 1 aromatic carbocycles. The fraction of sp³-hybridized carbons (Fsp3) is 0.500. The van der Waals surface area contributed by atoms with Gasteiger partial charge >= 0.3 is 5.97 Å². The zero-order chi connectivity index (χ0) is 21.5. The van der Waals surface area contributed by atoms with Gasteiger partial charge in [-0.2, -0.15) is 5.26 Å². The average Bonchev–Trinajstić information content (AvgIpc) is 3.11. The lowest BCUT2D eigenvalue weighted by Crippen LogP contribution is -2.35. The van der Waals surface area contributed by atoms with Crippen molar-refractivity contribution in [3.05, 3.63) is 39.8 Å². The molecule has 2 N–H and O–H groups in total. The number of thiophene rings is 1. The highest BCUT2D eigenvalue weighted by Gasteiger charge is 2.34. The molecule has 30 heavy (non-hydrogen) atoms. The van der Waals surface area contributed by atoms with E-state index in [2.05, 4.69) is 24.8 Å². The maximum Gasteiger partial charge on any atom is 0.337 e. The highest BCUT2D eigenvalue weighted by Crippen LogP contribution is 2.47. The summed E-state index contributed by atoms with van der Waals surface area (Å²) in [7, 11) is 0. The Kier molecular flexibility index (Phi) is 5.61. The molecule has 2 aromatic rings. The summed E-state index contributed by atoms with van der Waals surface area (Å²) in [5.74, 6) is -0.554. The van der Waals surface area contributed by atoms with Crippen molar-refractivity contribution >= 4 is 23.0 Å². The Labute approximate surface area is 181 Å². The first kappa shape index (κ1) is 20.9. The predicted molar refractivity (Wildman–Crippen MR) is 119 cm³/mol. The minimum Gasteiger partial charge on any atom is -0.478 e. The van der Waals surface area contributed by atoms with Crippen LogP contribution in [0, 0.1) is 22.7 Å². The maximum absolute atomic E-state index is 12.4. The number of aryl methyl sites for hydroxylation is 1. The largest absolute Gasteiger partial charge is 0.478 e. The molecule has 158 valence electrons. The van der Waals surface area contributed by atoms with Crippen molar-refractivity contribution in [1.29, 1.82) is 5.26 Å². The number of aliphatic hydroxyl groups excluding tert-OH is 1. The van der Waals surface area contributed by atoms with E-state index < -0.39 is 5.97 Å². The third kappa shape index (κ3) is 3.84. The van der Waals surface area contributed by atoms with Crippen LogP contribution in [0.25, 0.3) is 10.4 Å². The molecule has 0 radical (unpaired) electrons. The number of aliphatic hydroxyl groups is 1. The summed E-state index contributed by atoms with van der Waals surface area (Å²) in [5, 5.41) is 29.1. The van der Waals surface area contributed by atoms with Gasteiger partial charge in [-0.25, -0.2) is 4.79 Å². The molecule has 4 rings (SSSR count). The Morgan fingerprint density at radius 1 is 1.33 bits per heavy atom. The molecule has 6 heteroatoms. The van der Waals surface area contributed by atoms with Crippen LogP contribution in [0.3, 0.4) is 0 Å². The van der Waals surface area contributed by atoms with Crippen molar-refractivity contribution in [3.8, 4) is 16.5 Å². The van der Waals surface area contributed by atoms with Crippen LogP contribution in [0.15, 0.2) is 18.2 Å². The second kappa shape index (κ2) is 8.05. The molecule has 0 unspecified atom stereocenters. The molecule has 0 spiro atoms. The summed E-state index contributed by atoms with van der Waals surface area (Å²) >= 11 is 1.59. The number of anilines is 1. The van der Waals surface area contributed by atoms with Crippen molar-refractivity contribution in [3.63, 3.8) is 0 Å². The van der Waals surface area contributed by atoms with Crippen LogP contribution < -0.4 is 4.90 Å². The van der Waals surface area contributed by atoms with E-state index in [1.54, 1.807) is 11.3 Å². The molecule has 1 aliphatic heterocycles. The monoisotopic (exact) mass is 424 g/mol. The molecule has 1 fully saturated rings. The number of nitrogens with zero attached hydrogens (tertiary/aromatic N) is 2. The van der Waals surface area contributed by atoms with Gasteiger partial charge in [0.1, 0.15) is 0 Å². The van der Waals surface area contributed by atoms with Gasteiger partial charge in [0.05, 0.1) is 22.1 Å². The zero-order valence-corrected chi connectivity index (χ0v) is 18.4. The Hall–Kier alpha value is -2.36. The van der Waals surface area contributed by atoms with Crippen LogP contribution >= 0.6 is 11.3 Å². The number of rotatable bonds is 4. The second-order valence-electron chi connectivity index (χ2n) is 9.31. The lowest BCUT2D eigenvalue weighted by atomic mass is 9.76. The molecular formula is C24H28N2O3S. The smallest absolute Gasteiger partial charge is 0.337 e. The van der Waals surface area contributed by atoms with E-state index in [9.17, 15) is 20.3 Å². The van der Waals surface area contributed by atoms with Crippen LogP contribution in [0.2, 0.25) is 0 Å². The molecule has 1 saturated heterocycles. The fourth-order valence-corrected chi connectivity index (χ4v) is 6.09. The van der Waals surface area contributed by atoms with Gasteiger partial charge < -0.3 is 15.1 Å². The zero-order valence-electron chi connectivity index (χ0n) is 17.6. The molecule has 1 aliphatic carbocycles. The first-order chi connectivity index (χ1) is 14.3. The van der Waals surface area contributed by atoms with Crippen molar-refractivity contribution in [1.82, 2.24) is 0 Å². The average molecular weight is 425 g/mol. The third-order valence-corrected chi connectivity index (χ3v) is 7.90. The summed E-state index contributed by atoms with van der Waals surface area (Å²) in [4.78, 5) is 16.6. The van der Waals surface area contributed by atoms with Gasteiger partial charge in [-0.15, -0.1) is 11.3 Å². The number of carboxylic acid groups (broad SMARTS) is 1. The number of hydrogen-bond donors (Lipinski definition) is 2. The van der Waals surface area contributed by atoms with Gasteiger partial charge in [-0.1, -0.05) is 13.8 Å². The number of carboxylic acids is 1. The number of piperidine rings is 1. The minimum atomic E-state index is -0.882. The highest BCUT2D eigenvalue weighted by molar-refractivity contribution is 7.16. The lowest BCUT2D eigenvalue weighted by Gasteiger charge is -2.34. The molecule has 0 bridgehead atoms. The maximum atomic E-state index is 12.4. The van der Waals surface area contributed by atoms with E-state index in [4.69, 9.17) is 0 Å². The van der Waals surface area contributed by atoms with E-state index in [1.165, 1.54) is 4.88 Å². The summed E-state index contributed by atoms with van der Waals surface area (Å²) in [5.41, 5.74) is 3.88. The summed E-state index contributed by atoms with van der Waals surface area (Å²) in [6.45, 7) is 6.26. The van der Waals surface area contributed by atoms with Crippen LogP contribution in [-0.2, 0) is 12.8 Å². The number of benzene rings is 1. The molecular weight excluding hydrogens is 396 g/mol. The Morgan fingerprint density at radius 3 is 2.70 bits per heavy atom. The van der Waals surface area contributed by atoms with Gasteiger partial charge in [-0.05, 0) is 67.2 Å². The quantitative estimate of drug-likeness (QED) is 0.743. The van der Waals surface area contributed by atoms with E-state index in [0.29, 0.717) is 17.0 Å². The van der Waals surface area contributed by atoms with Gasteiger partial charge in [0.25, 0.3) is 0 Å². The summed E-state index contributed by atoms with van der Waals surface area (Å²) < 4.78 is 0. The van der Waals surface area contributed by atoms with Crippen molar-refractivity contribution < 1.29 is 15.0 Å². The molecule has 1 aromatic heterocycles.